The molecule has 2 unspecified atom stereocenters. The lowest BCUT2D eigenvalue weighted by Crippen LogP contribution is -2.31. The number of unbranched alkanes of at least 4 members (excludes halogenated alkanes) is 3. The van der Waals surface area contributed by atoms with E-state index >= 15 is 0 Å². The van der Waals surface area contributed by atoms with Crippen molar-refractivity contribution in [2.75, 3.05) is 5.75 Å². The van der Waals surface area contributed by atoms with Crippen LogP contribution in [-0.2, 0) is 9.59 Å². The summed E-state index contributed by atoms with van der Waals surface area (Å²) in [5, 5.41) is 26.2. The Morgan fingerprint density at radius 1 is 0.967 bits per heavy atom. The van der Waals surface area contributed by atoms with Crippen LogP contribution >= 0.6 is 12.6 Å². The van der Waals surface area contributed by atoms with E-state index in [1.807, 2.05) is 30.4 Å². The highest BCUT2D eigenvalue weighted by Gasteiger charge is 2.06. The van der Waals surface area contributed by atoms with E-state index in [4.69, 9.17) is 15.9 Å². The minimum atomic E-state index is -1.00. The Morgan fingerprint density at radius 2 is 1.63 bits per heavy atom. The number of hydrogen-bond donors (Lipinski definition) is 5. The van der Waals surface area contributed by atoms with Crippen LogP contribution < -0.4 is 5.73 Å². The summed E-state index contributed by atoms with van der Waals surface area (Å²) >= 11 is 3.65. The predicted molar refractivity (Wildman–Crippen MR) is 127 cm³/mol. The van der Waals surface area contributed by atoms with Crippen molar-refractivity contribution >= 4 is 24.6 Å². The number of carboxylic acid groups (broad SMARTS) is 2. The maximum Gasteiger partial charge on any atom is 0.321 e. The van der Waals surface area contributed by atoms with E-state index < -0.39 is 24.1 Å². The predicted octanol–water partition coefficient (Wildman–Crippen LogP) is 4.52. The average molecular weight is 442 g/mol. The van der Waals surface area contributed by atoms with Crippen molar-refractivity contribution in [1.29, 1.82) is 0 Å². The molecule has 7 heteroatoms. The number of allylic oxidation sites excluding steroid dienone is 7. The number of rotatable bonds is 16. The summed E-state index contributed by atoms with van der Waals surface area (Å²) in [5.41, 5.74) is 4.94. The lowest BCUT2D eigenvalue weighted by molar-refractivity contribution is -0.138. The fraction of sp³-hybridized carbons (Fsp3) is 0.565. The molecule has 0 spiro atoms. The van der Waals surface area contributed by atoms with Crippen LogP contribution in [0.1, 0.15) is 64.7 Å². The molecule has 0 heterocycles. The average Bonchev–Trinajstić information content (AvgIpc) is 2.71. The second kappa shape index (κ2) is 23.4. The molecule has 0 fully saturated rings. The number of aliphatic carboxylic acids is 2. The Kier molecular flexibility index (Phi) is 23.7. The molecule has 0 amide bonds. The summed E-state index contributed by atoms with van der Waals surface area (Å²) in [4.78, 5) is 20.1. The second-order valence-electron chi connectivity index (χ2n) is 6.75. The molecular weight excluding hydrogens is 402 g/mol. The first-order valence-electron chi connectivity index (χ1n) is 10.5. The van der Waals surface area contributed by atoms with Gasteiger partial charge in [0.15, 0.2) is 0 Å². The molecule has 30 heavy (non-hydrogen) atoms. The number of carboxylic acids is 2. The van der Waals surface area contributed by atoms with Crippen molar-refractivity contribution in [2.45, 2.75) is 76.9 Å². The summed E-state index contributed by atoms with van der Waals surface area (Å²) < 4.78 is 0. The van der Waals surface area contributed by atoms with Gasteiger partial charge in [-0.25, -0.2) is 0 Å². The van der Waals surface area contributed by atoms with Gasteiger partial charge in [0, 0.05) is 12.2 Å². The summed E-state index contributed by atoms with van der Waals surface area (Å²) in [7, 11) is 0. The van der Waals surface area contributed by atoms with Gasteiger partial charge in [-0.2, -0.15) is 12.6 Å². The maximum absolute atomic E-state index is 10.4. The van der Waals surface area contributed by atoms with E-state index in [0.717, 1.165) is 6.42 Å². The third-order valence-corrected chi connectivity index (χ3v) is 4.26. The van der Waals surface area contributed by atoms with Crippen molar-refractivity contribution < 1.29 is 24.9 Å². The van der Waals surface area contributed by atoms with E-state index in [0.29, 0.717) is 19.3 Å². The van der Waals surface area contributed by atoms with Gasteiger partial charge >= 0.3 is 11.9 Å². The number of aliphatic hydroxyl groups is 1. The SMILES string of the molecule is CCCCC/C=C\C\C=C/C=C/C=C/CC(O)CCCC(=O)O.NC(CS)C(=O)O. The van der Waals surface area contributed by atoms with Crippen LogP contribution in [0.4, 0.5) is 0 Å². The Labute approximate surface area is 186 Å². The van der Waals surface area contributed by atoms with Crippen LogP contribution in [0.25, 0.3) is 0 Å². The first kappa shape index (κ1) is 30.4. The summed E-state index contributed by atoms with van der Waals surface area (Å²) in [6, 6.07) is -0.816. The number of thiol groups is 1. The standard InChI is InChI=1S/C20H32O3.C3H7NO2S/c1-2-3-4-5-6-7-8-9-10-11-12-13-14-16-19(21)17-15-18-20(22)23;4-2(1-7)3(5)6/h6-7,9-14,19,21H,2-5,8,15-18H2,1H3,(H,22,23);2,7H,1,4H2,(H,5,6)/b7-6-,10-9-,12-11+,14-13+;. The van der Waals surface area contributed by atoms with Gasteiger partial charge in [-0.3, -0.25) is 9.59 Å². The molecule has 0 aromatic carbocycles. The third-order valence-electron chi connectivity index (χ3n) is 3.87. The van der Waals surface area contributed by atoms with E-state index in [1.54, 1.807) is 0 Å². The van der Waals surface area contributed by atoms with Crippen molar-refractivity contribution in [3.05, 3.63) is 48.6 Å². The molecule has 0 saturated carbocycles. The fourth-order valence-electron chi connectivity index (χ4n) is 2.09. The van der Waals surface area contributed by atoms with Crippen LogP contribution in [0, 0.1) is 0 Å². The third kappa shape index (κ3) is 26.2. The molecular formula is C23H39NO5S. The molecule has 6 nitrogen and oxygen atoms in total. The summed E-state index contributed by atoms with van der Waals surface area (Å²) in [6.45, 7) is 2.22. The minimum absolute atomic E-state index is 0.124. The zero-order valence-electron chi connectivity index (χ0n) is 18.0. The van der Waals surface area contributed by atoms with E-state index in [9.17, 15) is 14.7 Å². The quantitative estimate of drug-likeness (QED) is 0.104. The molecule has 0 aliphatic rings. The maximum atomic E-state index is 10.4. The summed E-state index contributed by atoms with van der Waals surface area (Å²) in [5.74, 6) is -1.62. The van der Waals surface area contributed by atoms with Gasteiger partial charge in [-0.1, -0.05) is 68.4 Å². The molecule has 0 radical (unpaired) electrons. The summed E-state index contributed by atoms with van der Waals surface area (Å²) in [6.07, 6.45) is 23.6. The Morgan fingerprint density at radius 3 is 2.17 bits per heavy atom. The smallest absolute Gasteiger partial charge is 0.321 e. The molecule has 0 aromatic rings. The van der Waals surface area contributed by atoms with Crippen LogP contribution in [0.3, 0.4) is 0 Å². The normalized spacial score (nSPS) is 13.7. The molecule has 0 aromatic heterocycles. The van der Waals surface area contributed by atoms with Gasteiger partial charge in [-0.05, 0) is 38.5 Å². The van der Waals surface area contributed by atoms with Gasteiger partial charge < -0.3 is 21.1 Å². The lowest BCUT2D eigenvalue weighted by atomic mass is 10.1. The molecule has 0 rings (SSSR count). The van der Waals surface area contributed by atoms with E-state index in [1.165, 1.54) is 25.7 Å². The highest BCUT2D eigenvalue weighted by molar-refractivity contribution is 7.80. The van der Waals surface area contributed by atoms with Gasteiger partial charge in [0.25, 0.3) is 0 Å². The number of carbonyl (C=O) groups is 2. The first-order valence-corrected chi connectivity index (χ1v) is 11.1. The largest absolute Gasteiger partial charge is 0.481 e. The van der Waals surface area contributed by atoms with Gasteiger partial charge in [0.2, 0.25) is 0 Å². The Bertz CT molecular complexity index is 544. The number of hydrogen-bond acceptors (Lipinski definition) is 5. The molecule has 172 valence electrons. The van der Waals surface area contributed by atoms with Crippen molar-refractivity contribution in [3.8, 4) is 0 Å². The molecule has 0 bridgehead atoms. The van der Waals surface area contributed by atoms with Crippen molar-refractivity contribution in [1.82, 2.24) is 0 Å². The second-order valence-corrected chi connectivity index (χ2v) is 7.11. The van der Waals surface area contributed by atoms with Gasteiger partial charge in [-0.15, -0.1) is 0 Å². The molecule has 0 aliphatic carbocycles. The topological polar surface area (TPSA) is 121 Å². The molecule has 0 saturated heterocycles. The first-order chi connectivity index (χ1) is 14.3. The van der Waals surface area contributed by atoms with E-state index in [-0.39, 0.29) is 12.2 Å². The van der Waals surface area contributed by atoms with Crippen molar-refractivity contribution in [2.24, 2.45) is 5.73 Å². The van der Waals surface area contributed by atoms with E-state index in [2.05, 4.69) is 37.8 Å². The van der Waals surface area contributed by atoms with Gasteiger partial charge in [0.1, 0.15) is 6.04 Å². The van der Waals surface area contributed by atoms with Crippen LogP contribution in [0.5, 0.6) is 0 Å². The molecule has 2 atom stereocenters. The highest BCUT2D eigenvalue weighted by Crippen LogP contribution is 2.05. The monoisotopic (exact) mass is 441 g/mol. The number of aliphatic hydroxyl groups excluding tert-OH is 1. The fourth-order valence-corrected chi connectivity index (χ4v) is 2.25. The van der Waals surface area contributed by atoms with Crippen LogP contribution in [-0.4, -0.2) is 45.2 Å². The van der Waals surface area contributed by atoms with Crippen LogP contribution in [0.2, 0.25) is 0 Å². The van der Waals surface area contributed by atoms with Crippen LogP contribution in [0.15, 0.2) is 48.6 Å². The Hall–Kier alpha value is -1.83. The Balaban J connectivity index is 0. The van der Waals surface area contributed by atoms with Crippen molar-refractivity contribution in [3.63, 3.8) is 0 Å². The molecule has 0 aliphatic heterocycles. The van der Waals surface area contributed by atoms with Gasteiger partial charge in [0.05, 0.1) is 6.10 Å². The zero-order chi connectivity index (χ0) is 23.0. The number of nitrogens with two attached hydrogens (primary N) is 1. The lowest BCUT2D eigenvalue weighted by Gasteiger charge is -2.05. The minimum Gasteiger partial charge on any atom is -0.481 e. The molecule has 5 N–H and O–H groups in total. The zero-order valence-corrected chi connectivity index (χ0v) is 18.9. The highest BCUT2D eigenvalue weighted by atomic mass is 32.1.